The number of benzene rings is 3. The zero-order valence-electron chi connectivity index (χ0n) is 18.8. The first-order chi connectivity index (χ1) is 16.3. The lowest BCUT2D eigenvalue weighted by atomic mass is 9.74. The maximum absolute atomic E-state index is 11.2. The van der Waals surface area contributed by atoms with Gasteiger partial charge in [-0.1, -0.05) is 77.8 Å². The van der Waals surface area contributed by atoms with Crippen molar-refractivity contribution in [3.63, 3.8) is 0 Å². The van der Waals surface area contributed by atoms with Gasteiger partial charge in [-0.25, -0.2) is 4.79 Å². The molecule has 176 valence electrons. The Morgan fingerprint density at radius 2 is 1.71 bits per heavy atom. The highest BCUT2D eigenvalue weighted by Crippen LogP contribution is 2.53. The second-order valence-corrected chi connectivity index (χ2v) is 9.48. The van der Waals surface area contributed by atoms with Gasteiger partial charge >= 0.3 is 5.97 Å². The zero-order valence-corrected chi connectivity index (χ0v) is 20.3. The number of rotatable bonds is 7. The van der Waals surface area contributed by atoms with E-state index in [1.807, 2.05) is 49.4 Å². The van der Waals surface area contributed by atoms with Crippen LogP contribution in [-0.4, -0.2) is 17.7 Å². The molecule has 34 heavy (non-hydrogen) atoms. The normalized spacial score (nSPS) is 22.2. The third kappa shape index (κ3) is 5.47. The molecule has 3 aromatic carbocycles. The first-order valence-corrected chi connectivity index (χ1v) is 11.8. The predicted molar refractivity (Wildman–Crippen MR) is 135 cm³/mol. The Hall–Kier alpha value is -2.79. The van der Waals surface area contributed by atoms with Crippen molar-refractivity contribution in [3.05, 3.63) is 112 Å². The van der Waals surface area contributed by atoms with E-state index in [1.54, 1.807) is 18.2 Å². The van der Waals surface area contributed by atoms with Crippen LogP contribution < -0.4 is 4.74 Å². The number of ether oxygens (including phenoxy) is 2. The molecule has 1 heterocycles. The van der Waals surface area contributed by atoms with Crippen LogP contribution in [0.1, 0.15) is 48.2 Å². The predicted octanol–water partition coefficient (Wildman–Crippen LogP) is 7.64. The average Bonchev–Trinajstić information content (AvgIpc) is 2.83. The van der Waals surface area contributed by atoms with Crippen LogP contribution in [0.2, 0.25) is 10.0 Å². The molecule has 1 saturated heterocycles. The third-order valence-corrected chi connectivity index (χ3v) is 6.67. The Labute approximate surface area is 209 Å². The van der Waals surface area contributed by atoms with Gasteiger partial charge in [-0.2, -0.15) is 0 Å². The van der Waals surface area contributed by atoms with E-state index in [2.05, 4.69) is 18.7 Å². The molecule has 1 N–H and O–H groups in total. The highest BCUT2D eigenvalue weighted by Gasteiger charge is 2.41. The van der Waals surface area contributed by atoms with E-state index in [1.165, 1.54) is 5.56 Å². The SMILES string of the molecule is C=C(C)[C@H]1C[C@@H](c2ccccc2)[C@H](c2cccc(Cl)c2)O[C@@H]1c1cc(Cl)ccc1OCC(=O)O. The summed E-state index contributed by atoms with van der Waals surface area (Å²) in [5, 5.41) is 10.3. The fraction of sp³-hybridized carbons (Fsp3) is 0.250. The van der Waals surface area contributed by atoms with Crippen molar-refractivity contribution in [2.45, 2.75) is 31.5 Å². The van der Waals surface area contributed by atoms with Crippen LogP contribution in [-0.2, 0) is 9.53 Å². The van der Waals surface area contributed by atoms with Gasteiger partial charge in [0.2, 0.25) is 0 Å². The molecule has 0 radical (unpaired) electrons. The standard InChI is InChI=1S/C28H26Cl2O4/c1-17(2)22-15-23(18-7-4-3-5-8-18)27(19-9-6-10-20(29)13-19)34-28(22)24-14-21(30)11-12-25(24)33-16-26(31)32/h3-14,22-23,27-28H,1,15-16H2,2H3,(H,31,32)/t22-,23+,27+,28+/m1/s1. The van der Waals surface area contributed by atoms with Crippen molar-refractivity contribution in [2.24, 2.45) is 5.92 Å². The maximum Gasteiger partial charge on any atom is 0.341 e. The van der Waals surface area contributed by atoms with Crippen molar-refractivity contribution in [1.82, 2.24) is 0 Å². The molecule has 6 heteroatoms. The molecule has 4 rings (SSSR count). The second kappa shape index (κ2) is 10.6. The Morgan fingerprint density at radius 3 is 2.38 bits per heavy atom. The van der Waals surface area contributed by atoms with Gasteiger partial charge in [-0.05, 0) is 54.8 Å². The third-order valence-electron chi connectivity index (χ3n) is 6.20. The summed E-state index contributed by atoms with van der Waals surface area (Å²) in [6.07, 6.45) is 0.0726. The molecule has 1 aliphatic rings. The Kier molecular flexibility index (Phi) is 7.62. The summed E-state index contributed by atoms with van der Waals surface area (Å²) in [4.78, 5) is 11.2. The van der Waals surface area contributed by atoms with Gasteiger partial charge in [0.05, 0.1) is 12.2 Å². The number of carbonyl (C=O) groups is 1. The number of carboxylic acids is 1. The Bertz CT molecular complexity index is 1180. The fourth-order valence-electron chi connectivity index (χ4n) is 4.64. The minimum absolute atomic E-state index is 0.0358. The summed E-state index contributed by atoms with van der Waals surface area (Å²) in [5.41, 5.74) is 3.83. The van der Waals surface area contributed by atoms with Gasteiger partial charge in [0, 0.05) is 27.4 Å². The van der Waals surface area contributed by atoms with Crippen LogP contribution in [0.5, 0.6) is 5.75 Å². The second-order valence-electron chi connectivity index (χ2n) is 8.60. The first kappa shape index (κ1) is 24.3. The summed E-state index contributed by atoms with van der Waals surface area (Å²) in [5.74, 6) is -0.583. The number of carboxylic acid groups (broad SMARTS) is 1. The number of aliphatic carboxylic acids is 1. The van der Waals surface area contributed by atoms with Gasteiger partial charge in [0.25, 0.3) is 0 Å². The molecular weight excluding hydrogens is 471 g/mol. The molecule has 0 bridgehead atoms. The average molecular weight is 497 g/mol. The molecule has 4 nitrogen and oxygen atoms in total. The van der Waals surface area contributed by atoms with Crippen LogP contribution in [0, 0.1) is 5.92 Å². The van der Waals surface area contributed by atoms with Gasteiger partial charge in [-0.3, -0.25) is 0 Å². The lowest BCUT2D eigenvalue weighted by Crippen LogP contribution is -2.32. The minimum Gasteiger partial charge on any atom is -0.482 e. The fourth-order valence-corrected chi connectivity index (χ4v) is 5.02. The Morgan fingerprint density at radius 1 is 1.00 bits per heavy atom. The van der Waals surface area contributed by atoms with E-state index >= 15 is 0 Å². The molecule has 1 fully saturated rings. The van der Waals surface area contributed by atoms with E-state index < -0.39 is 18.7 Å². The molecule has 0 unspecified atom stereocenters. The molecule has 0 saturated carbocycles. The smallest absolute Gasteiger partial charge is 0.341 e. The van der Waals surface area contributed by atoms with Gasteiger partial charge in [-0.15, -0.1) is 0 Å². The van der Waals surface area contributed by atoms with Crippen LogP contribution >= 0.6 is 23.2 Å². The van der Waals surface area contributed by atoms with Gasteiger partial charge < -0.3 is 14.6 Å². The summed E-state index contributed by atoms with van der Waals surface area (Å²) in [6.45, 7) is 5.79. The van der Waals surface area contributed by atoms with E-state index in [0.29, 0.717) is 21.4 Å². The maximum atomic E-state index is 11.2. The molecule has 0 aromatic heterocycles. The summed E-state index contributed by atoms with van der Waals surface area (Å²) in [6, 6.07) is 23.2. The summed E-state index contributed by atoms with van der Waals surface area (Å²) in [7, 11) is 0. The topological polar surface area (TPSA) is 55.8 Å². The van der Waals surface area contributed by atoms with Crippen molar-refractivity contribution < 1.29 is 19.4 Å². The van der Waals surface area contributed by atoms with Crippen LogP contribution in [0.25, 0.3) is 0 Å². The number of hydrogen-bond acceptors (Lipinski definition) is 3. The van der Waals surface area contributed by atoms with Crippen molar-refractivity contribution >= 4 is 29.2 Å². The molecule has 0 aliphatic carbocycles. The molecule has 0 spiro atoms. The monoisotopic (exact) mass is 496 g/mol. The van der Waals surface area contributed by atoms with Crippen LogP contribution in [0.3, 0.4) is 0 Å². The van der Waals surface area contributed by atoms with E-state index in [0.717, 1.165) is 17.6 Å². The van der Waals surface area contributed by atoms with E-state index in [-0.39, 0.29) is 17.9 Å². The Balaban J connectivity index is 1.80. The number of hydrogen-bond donors (Lipinski definition) is 1. The van der Waals surface area contributed by atoms with Crippen LogP contribution in [0.4, 0.5) is 0 Å². The largest absolute Gasteiger partial charge is 0.482 e. The zero-order chi connectivity index (χ0) is 24.2. The van der Waals surface area contributed by atoms with E-state index in [9.17, 15) is 4.79 Å². The van der Waals surface area contributed by atoms with Gasteiger partial charge in [0.1, 0.15) is 5.75 Å². The van der Waals surface area contributed by atoms with Crippen molar-refractivity contribution in [3.8, 4) is 5.75 Å². The molecule has 4 atom stereocenters. The lowest BCUT2D eigenvalue weighted by Gasteiger charge is -2.43. The minimum atomic E-state index is -1.05. The molecule has 1 aliphatic heterocycles. The number of halogens is 2. The van der Waals surface area contributed by atoms with Crippen molar-refractivity contribution in [1.29, 1.82) is 0 Å². The van der Waals surface area contributed by atoms with Crippen molar-refractivity contribution in [2.75, 3.05) is 6.61 Å². The van der Waals surface area contributed by atoms with E-state index in [4.69, 9.17) is 37.8 Å². The quantitative estimate of drug-likeness (QED) is 0.341. The molecular formula is C28H26Cl2O4. The lowest BCUT2D eigenvalue weighted by molar-refractivity contribution is -0.139. The highest BCUT2D eigenvalue weighted by molar-refractivity contribution is 6.31. The van der Waals surface area contributed by atoms with Crippen LogP contribution in [0.15, 0.2) is 84.9 Å². The highest BCUT2D eigenvalue weighted by atomic mass is 35.5. The molecule has 3 aromatic rings. The molecule has 0 amide bonds. The summed E-state index contributed by atoms with van der Waals surface area (Å²) < 4.78 is 12.5. The van der Waals surface area contributed by atoms with Gasteiger partial charge in [0.15, 0.2) is 6.61 Å². The first-order valence-electron chi connectivity index (χ1n) is 11.1. The summed E-state index contributed by atoms with van der Waals surface area (Å²) >= 11 is 12.7.